The van der Waals surface area contributed by atoms with E-state index in [1.165, 1.54) is 18.4 Å². The third-order valence-electron chi connectivity index (χ3n) is 3.75. The predicted octanol–water partition coefficient (Wildman–Crippen LogP) is 4.66. The Balaban J connectivity index is 1.75. The standard InChI is InChI=1S/C19H17ClN2O3S/c1-24-13-7-8-17(25-2)15(10-13)18(23)22-19-21-11-14(26-19)9-12-5-3-4-6-16(12)20/h3-8,10-11H,9H2,1-2H3,(H,21,22,23). The Hall–Kier alpha value is -2.57. The van der Waals surface area contributed by atoms with Gasteiger partial charge in [0, 0.05) is 22.5 Å². The molecule has 1 aromatic heterocycles. The monoisotopic (exact) mass is 388 g/mol. The van der Waals surface area contributed by atoms with E-state index in [1.54, 1.807) is 31.5 Å². The highest BCUT2D eigenvalue weighted by atomic mass is 35.5. The van der Waals surface area contributed by atoms with Crippen molar-refractivity contribution in [3.63, 3.8) is 0 Å². The number of ether oxygens (including phenoxy) is 2. The quantitative estimate of drug-likeness (QED) is 0.667. The molecule has 0 unspecified atom stereocenters. The van der Waals surface area contributed by atoms with E-state index in [2.05, 4.69) is 10.3 Å². The number of nitrogens with zero attached hydrogens (tertiary/aromatic N) is 1. The van der Waals surface area contributed by atoms with E-state index in [0.717, 1.165) is 10.4 Å². The highest BCUT2D eigenvalue weighted by molar-refractivity contribution is 7.15. The van der Waals surface area contributed by atoms with Crippen LogP contribution in [0, 0.1) is 0 Å². The maximum Gasteiger partial charge on any atom is 0.261 e. The summed E-state index contributed by atoms with van der Waals surface area (Å²) in [5.74, 6) is 0.741. The molecule has 7 heteroatoms. The zero-order valence-corrected chi connectivity index (χ0v) is 15.9. The van der Waals surface area contributed by atoms with Crippen molar-refractivity contribution >= 4 is 34.0 Å². The minimum atomic E-state index is -0.306. The molecule has 2 aromatic carbocycles. The Morgan fingerprint density at radius 3 is 2.73 bits per heavy atom. The first kappa shape index (κ1) is 18.2. The van der Waals surface area contributed by atoms with E-state index in [9.17, 15) is 4.79 Å². The van der Waals surface area contributed by atoms with Crippen LogP contribution in [0.5, 0.6) is 11.5 Å². The zero-order valence-electron chi connectivity index (χ0n) is 14.3. The molecule has 0 bridgehead atoms. The second-order valence-corrected chi connectivity index (χ2v) is 6.94. The Kier molecular flexibility index (Phi) is 5.75. The van der Waals surface area contributed by atoms with Gasteiger partial charge in [-0.1, -0.05) is 29.8 Å². The van der Waals surface area contributed by atoms with Crippen LogP contribution in [0.15, 0.2) is 48.7 Å². The van der Waals surface area contributed by atoms with Gasteiger partial charge in [-0.15, -0.1) is 11.3 Å². The van der Waals surface area contributed by atoms with Crippen LogP contribution in [0.2, 0.25) is 5.02 Å². The predicted molar refractivity (Wildman–Crippen MR) is 104 cm³/mol. The molecule has 0 radical (unpaired) electrons. The largest absolute Gasteiger partial charge is 0.497 e. The average molecular weight is 389 g/mol. The van der Waals surface area contributed by atoms with E-state index in [1.807, 2.05) is 24.3 Å². The number of amides is 1. The lowest BCUT2D eigenvalue weighted by molar-refractivity contribution is 0.102. The van der Waals surface area contributed by atoms with Crippen molar-refractivity contribution < 1.29 is 14.3 Å². The van der Waals surface area contributed by atoms with E-state index >= 15 is 0 Å². The van der Waals surface area contributed by atoms with Gasteiger partial charge in [-0.05, 0) is 29.8 Å². The number of halogens is 1. The molecule has 0 aliphatic carbocycles. The van der Waals surface area contributed by atoms with Crippen LogP contribution in [0.1, 0.15) is 20.8 Å². The molecule has 0 saturated heterocycles. The van der Waals surface area contributed by atoms with Gasteiger partial charge in [0.05, 0.1) is 19.8 Å². The van der Waals surface area contributed by atoms with E-state index < -0.39 is 0 Å². The van der Waals surface area contributed by atoms with Crippen LogP contribution in [-0.4, -0.2) is 25.1 Å². The molecule has 26 heavy (non-hydrogen) atoms. The van der Waals surface area contributed by atoms with Crippen LogP contribution in [-0.2, 0) is 6.42 Å². The van der Waals surface area contributed by atoms with E-state index in [0.29, 0.717) is 33.6 Å². The number of benzene rings is 2. The molecule has 3 aromatic rings. The molecule has 5 nitrogen and oxygen atoms in total. The molecular weight excluding hydrogens is 372 g/mol. The summed E-state index contributed by atoms with van der Waals surface area (Å²) in [5, 5.41) is 4.04. The first-order valence-electron chi connectivity index (χ1n) is 7.82. The van der Waals surface area contributed by atoms with Gasteiger partial charge in [0.1, 0.15) is 11.5 Å². The van der Waals surface area contributed by atoms with E-state index in [-0.39, 0.29) is 5.91 Å². The smallest absolute Gasteiger partial charge is 0.261 e. The average Bonchev–Trinajstić information content (AvgIpc) is 3.09. The van der Waals surface area contributed by atoms with Crippen molar-refractivity contribution in [1.82, 2.24) is 4.98 Å². The normalized spacial score (nSPS) is 10.4. The van der Waals surface area contributed by atoms with Crippen LogP contribution >= 0.6 is 22.9 Å². The molecule has 0 aliphatic heterocycles. The van der Waals surface area contributed by atoms with Crippen molar-refractivity contribution in [3.05, 3.63) is 69.7 Å². The molecule has 1 N–H and O–H groups in total. The number of hydrogen-bond donors (Lipinski definition) is 1. The summed E-state index contributed by atoms with van der Waals surface area (Å²) in [6.07, 6.45) is 2.40. The van der Waals surface area contributed by atoms with Gasteiger partial charge in [-0.2, -0.15) is 0 Å². The molecule has 134 valence electrons. The highest BCUT2D eigenvalue weighted by Gasteiger charge is 2.15. The summed E-state index contributed by atoms with van der Waals surface area (Å²) < 4.78 is 10.4. The molecule has 0 atom stereocenters. The topological polar surface area (TPSA) is 60.5 Å². The van der Waals surface area contributed by atoms with Crippen molar-refractivity contribution in [2.75, 3.05) is 19.5 Å². The van der Waals surface area contributed by atoms with Crippen molar-refractivity contribution in [2.24, 2.45) is 0 Å². The van der Waals surface area contributed by atoms with Gasteiger partial charge in [-0.3, -0.25) is 10.1 Å². The summed E-state index contributed by atoms with van der Waals surface area (Å²) in [5.41, 5.74) is 1.40. The number of methoxy groups -OCH3 is 2. The molecular formula is C19H17ClN2O3S. The third kappa shape index (κ3) is 4.15. The molecule has 3 rings (SSSR count). The Morgan fingerprint density at radius 2 is 2.00 bits per heavy atom. The lowest BCUT2D eigenvalue weighted by Crippen LogP contribution is -2.13. The minimum Gasteiger partial charge on any atom is -0.497 e. The summed E-state index contributed by atoms with van der Waals surface area (Å²) in [4.78, 5) is 17.9. The molecule has 0 fully saturated rings. The SMILES string of the molecule is COc1ccc(OC)c(C(=O)Nc2ncc(Cc3ccccc3Cl)s2)c1. The lowest BCUT2D eigenvalue weighted by Gasteiger charge is -2.09. The van der Waals surface area contributed by atoms with Crippen LogP contribution in [0.3, 0.4) is 0 Å². The molecule has 1 amide bonds. The summed E-state index contributed by atoms with van der Waals surface area (Å²) in [6.45, 7) is 0. The van der Waals surface area contributed by atoms with Gasteiger partial charge < -0.3 is 9.47 Å². The van der Waals surface area contributed by atoms with Gasteiger partial charge in [-0.25, -0.2) is 4.98 Å². The fourth-order valence-corrected chi connectivity index (χ4v) is 3.47. The number of aromatic nitrogens is 1. The van der Waals surface area contributed by atoms with Gasteiger partial charge in [0.25, 0.3) is 5.91 Å². The number of thiazole rings is 1. The Morgan fingerprint density at radius 1 is 1.19 bits per heavy atom. The van der Waals surface area contributed by atoms with Crippen molar-refractivity contribution in [3.8, 4) is 11.5 Å². The molecule has 0 saturated carbocycles. The van der Waals surface area contributed by atoms with Gasteiger partial charge in [0.15, 0.2) is 5.13 Å². The summed E-state index contributed by atoms with van der Waals surface area (Å²) >= 11 is 7.61. The van der Waals surface area contributed by atoms with Gasteiger partial charge in [0.2, 0.25) is 0 Å². The number of carbonyl (C=O) groups is 1. The van der Waals surface area contributed by atoms with E-state index in [4.69, 9.17) is 21.1 Å². The fourth-order valence-electron chi connectivity index (χ4n) is 2.43. The van der Waals surface area contributed by atoms with Crippen molar-refractivity contribution in [2.45, 2.75) is 6.42 Å². The Bertz CT molecular complexity index is 927. The molecule has 0 aliphatic rings. The number of anilines is 1. The molecule has 0 spiro atoms. The minimum absolute atomic E-state index is 0.306. The second kappa shape index (κ2) is 8.21. The first-order valence-corrected chi connectivity index (χ1v) is 9.01. The number of nitrogens with one attached hydrogen (secondary N) is 1. The number of rotatable bonds is 6. The number of hydrogen-bond acceptors (Lipinski definition) is 5. The second-order valence-electron chi connectivity index (χ2n) is 5.42. The highest BCUT2D eigenvalue weighted by Crippen LogP contribution is 2.27. The maximum absolute atomic E-state index is 12.6. The van der Waals surface area contributed by atoms with Gasteiger partial charge >= 0.3 is 0 Å². The Labute approximate surface area is 160 Å². The van der Waals surface area contributed by atoms with Crippen molar-refractivity contribution in [1.29, 1.82) is 0 Å². The van der Waals surface area contributed by atoms with Crippen LogP contribution < -0.4 is 14.8 Å². The maximum atomic E-state index is 12.6. The lowest BCUT2D eigenvalue weighted by atomic mass is 10.1. The van der Waals surface area contributed by atoms with Crippen LogP contribution in [0.25, 0.3) is 0 Å². The zero-order chi connectivity index (χ0) is 18.5. The van der Waals surface area contributed by atoms with Crippen LogP contribution in [0.4, 0.5) is 5.13 Å². The third-order valence-corrected chi connectivity index (χ3v) is 5.03. The fraction of sp³-hybridized carbons (Fsp3) is 0.158. The molecule has 1 heterocycles. The first-order chi connectivity index (χ1) is 12.6. The summed E-state index contributed by atoms with van der Waals surface area (Å²) in [7, 11) is 3.06. The number of carbonyl (C=O) groups excluding carboxylic acids is 1. The summed E-state index contributed by atoms with van der Waals surface area (Å²) in [6, 6.07) is 12.7.